The van der Waals surface area contributed by atoms with E-state index in [1.54, 1.807) is 24.3 Å². The normalized spacial score (nSPS) is 11.2. The van der Waals surface area contributed by atoms with E-state index in [9.17, 15) is 27.2 Å². The highest BCUT2D eigenvalue weighted by Crippen LogP contribution is 2.32. The fraction of sp³-hybridized carbons (Fsp3) is 0.158. The van der Waals surface area contributed by atoms with Gasteiger partial charge in [0.2, 0.25) is 5.91 Å². The Balaban J connectivity index is 1.71. The van der Waals surface area contributed by atoms with Gasteiger partial charge in [-0.1, -0.05) is 35.5 Å². The maximum Gasteiger partial charge on any atom is 0.435 e. The number of hydrogen-bond donors (Lipinski definition) is 2. The second-order valence-electron chi connectivity index (χ2n) is 6.12. The Morgan fingerprint density at radius 1 is 0.967 bits per heavy atom. The third kappa shape index (κ3) is 4.99. The number of alkyl halides is 3. The van der Waals surface area contributed by atoms with Crippen LogP contribution in [0.4, 0.5) is 17.6 Å². The van der Waals surface area contributed by atoms with Crippen molar-refractivity contribution in [3.8, 4) is 5.69 Å². The summed E-state index contributed by atoms with van der Waals surface area (Å²) in [6.45, 7) is -0.351. The van der Waals surface area contributed by atoms with Gasteiger partial charge in [0.1, 0.15) is 5.82 Å². The minimum atomic E-state index is -4.97. The van der Waals surface area contributed by atoms with E-state index in [0.29, 0.717) is 4.68 Å². The van der Waals surface area contributed by atoms with E-state index in [4.69, 9.17) is 0 Å². The molecule has 0 atom stereocenters. The summed E-state index contributed by atoms with van der Waals surface area (Å²) in [6, 6.07) is 13.0. The van der Waals surface area contributed by atoms with Crippen molar-refractivity contribution in [1.29, 1.82) is 0 Å². The van der Waals surface area contributed by atoms with Gasteiger partial charge in [0.15, 0.2) is 11.4 Å². The molecule has 11 heteroatoms. The molecule has 0 fully saturated rings. The predicted octanol–water partition coefficient (Wildman–Crippen LogP) is 2.47. The van der Waals surface area contributed by atoms with E-state index in [2.05, 4.69) is 20.9 Å². The SMILES string of the molecule is O=C(CNC(=O)c1nnn(-c2ccc(F)cc2)c1C(F)(F)F)NCc1ccccc1. The molecule has 0 bridgehead atoms. The number of aromatic nitrogens is 3. The van der Waals surface area contributed by atoms with Crippen molar-refractivity contribution in [3.63, 3.8) is 0 Å². The van der Waals surface area contributed by atoms with E-state index in [-0.39, 0.29) is 12.2 Å². The number of carbonyl (C=O) groups excluding carboxylic acids is 2. The number of rotatable bonds is 6. The van der Waals surface area contributed by atoms with Crippen LogP contribution in [-0.4, -0.2) is 33.4 Å². The zero-order valence-electron chi connectivity index (χ0n) is 15.3. The number of amides is 2. The van der Waals surface area contributed by atoms with Crippen molar-refractivity contribution >= 4 is 11.8 Å². The first kappa shape index (κ1) is 21.0. The van der Waals surface area contributed by atoms with Crippen LogP contribution < -0.4 is 10.6 Å². The highest BCUT2D eigenvalue weighted by atomic mass is 19.4. The van der Waals surface area contributed by atoms with E-state index in [0.717, 1.165) is 29.8 Å². The Bertz CT molecular complexity index is 1030. The topological polar surface area (TPSA) is 88.9 Å². The summed E-state index contributed by atoms with van der Waals surface area (Å²) in [5.74, 6) is -2.45. The molecular weight excluding hydrogens is 406 g/mol. The second-order valence-corrected chi connectivity index (χ2v) is 6.12. The highest BCUT2D eigenvalue weighted by molar-refractivity contribution is 5.96. The maximum absolute atomic E-state index is 13.5. The van der Waals surface area contributed by atoms with Gasteiger partial charge in [0.05, 0.1) is 12.2 Å². The monoisotopic (exact) mass is 421 g/mol. The average molecular weight is 421 g/mol. The van der Waals surface area contributed by atoms with Gasteiger partial charge in [0.25, 0.3) is 5.91 Å². The van der Waals surface area contributed by atoms with Crippen molar-refractivity contribution in [3.05, 3.63) is 77.4 Å². The van der Waals surface area contributed by atoms with E-state index in [1.807, 2.05) is 6.07 Å². The van der Waals surface area contributed by atoms with Crippen molar-refractivity contribution in [2.45, 2.75) is 12.7 Å². The fourth-order valence-electron chi connectivity index (χ4n) is 2.56. The average Bonchev–Trinajstić information content (AvgIpc) is 3.17. The molecule has 156 valence electrons. The van der Waals surface area contributed by atoms with E-state index >= 15 is 0 Å². The smallest absolute Gasteiger partial charge is 0.350 e. The largest absolute Gasteiger partial charge is 0.435 e. The lowest BCUT2D eigenvalue weighted by Crippen LogP contribution is -2.37. The van der Waals surface area contributed by atoms with Crippen molar-refractivity contribution in [2.75, 3.05) is 6.54 Å². The molecule has 0 aliphatic carbocycles. The lowest BCUT2D eigenvalue weighted by Gasteiger charge is -2.11. The number of nitrogens with zero attached hydrogens (tertiary/aromatic N) is 3. The number of halogens is 4. The molecule has 0 saturated carbocycles. The Morgan fingerprint density at radius 3 is 2.27 bits per heavy atom. The summed E-state index contributed by atoms with van der Waals surface area (Å²) >= 11 is 0. The molecule has 2 N–H and O–H groups in total. The lowest BCUT2D eigenvalue weighted by molar-refractivity contribution is -0.143. The first-order valence-electron chi connectivity index (χ1n) is 8.63. The quantitative estimate of drug-likeness (QED) is 0.599. The summed E-state index contributed by atoms with van der Waals surface area (Å²) in [5.41, 5.74) is -1.74. The van der Waals surface area contributed by atoms with Gasteiger partial charge in [-0.15, -0.1) is 5.10 Å². The van der Waals surface area contributed by atoms with Crippen LogP contribution in [-0.2, 0) is 17.5 Å². The van der Waals surface area contributed by atoms with Crippen LogP contribution in [0.15, 0.2) is 54.6 Å². The third-order valence-corrected chi connectivity index (χ3v) is 3.97. The highest BCUT2D eigenvalue weighted by Gasteiger charge is 2.42. The van der Waals surface area contributed by atoms with Gasteiger partial charge in [-0.3, -0.25) is 9.59 Å². The molecule has 0 aliphatic heterocycles. The van der Waals surface area contributed by atoms with E-state index in [1.165, 1.54) is 0 Å². The maximum atomic E-state index is 13.5. The minimum absolute atomic E-state index is 0.129. The molecular formula is C19H15F4N5O2. The van der Waals surface area contributed by atoms with Gasteiger partial charge < -0.3 is 10.6 Å². The molecule has 3 rings (SSSR count). The predicted molar refractivity (Wildman–Crippen MR) is 96.9 cm³/mol. The van der Waals surface area contributed by atoms with Crippen molar-refractivity contribution < 1.29 is 27.2 Å². The molecule has 1 aromatic heterocycles. The summed E-state index contributed by atoms with van der Waals surface area (Å²) in [4.78, 5) is 24.1. The number of nitrogens with one attached hydrogen (secondary N) is 2. The van der Waals surface area contributed by atoms with Gasteiger partial charge in [-0.05, 0) is 29.8 Å². The standard InChI is InChI=1S/C19H15F4N5O2/c20-13-6-8-14(9-7-13)28-17(19(21,22)23)16(26-27-28)18(30)25-11-15(29)24-10-12-4-2-1-3-5-12/h1-9H,10-11H2,(H,24,29)(H,25,30). The molecule has 3 aromatic rings. The number of benzene rings is 2. The Morgan fingerprint density at radius 2 is 1.63 bits per heavy atom. The van der Waals surface area contributed by atoms with Crippen LogP contribution in [0.2, 0.25) is 0 Å². The zero-order valence-corrected chi connectivity index (χ0v) is 15.3. The number of carbonyl (C=O) groups is 2. The van der Waals surface area contributed by atoms with Crippen molar-refractivity contribution in [2.24, 2.45) is 0 Å². The Labute approximate surface area is 167 Å². The van der Waals surface area contributed by atoms with Crippen LogP contribution in [0.3, 0.4) is 0 Å². The molecule has 7 nitrogen and oxygen atoms in total. The van der Waals surface area contributed by atoms with Crippen molar-refractivity contribution in [1.82, 2.24) is 25.6 Å². The molecule has 0 radical (unpaired) electrons. The Hall–Kier alpha value is -3.76. The first-order valence-corrected chi connectivity index (χ1v) is 8.63. The minimum Gasteiger partial charge on any atom is -0.350 e. The van der Waals surface area contributed by atoms with Crippen LogP contribution in [0.1, 0.15) is 21.7 Å². The number of hydrogen-bond acceptors (Lipinski definition) is 4. The summed E-state index contributed by atoms with van der Waals surface area (Å²) < 4.78 is 54.1. The fourth-order valence-corrected chi connectivity index (χ4v) is 2.56. The van der Waals surface area contributed by atoms with Crippen LogP contribution >= 0.6 is 0 Å². The summed E-state index contributed by atoms with van der Waals surface area (Å²) in [7, 11) is 0. The lowest BCUT2D eigenvalue weighted by atomic mass is 10.2. The molecule has 2 amide bonds. The second kappa shape index (κ2) is 8.72. The van der Waals surface area contributed by atoms with Crippen LogP contribution in [0.5, 0.6) is 0 Å². The van der Waals surface area contributed by atoms with Crippen LogP contribution in [0, 0.1) is 5.82 Å². The molecule has 0 unspecified atom stereocenters. The molecule has 30 heavy (non-hydrogen) atoms. The Kier molecular flexibility index (Phi) is 6.09. The molecule has 0 aliphatic rings. The first-order chi connectivity index (χ1) is 14.3. The molecule has 2 aromatic carbocycles. The molecule has 1 heterocycles. The molecule has 0 saturated heterocycles. The third-order valence-electron chi connectivity index (χ3n) is 3.97. The van der Waals surface area contributed by atoms with E-state index < -0.39 is 41.7 Å². The zero-order chi connectivity index (χ0) is 21.7. The van der Waals surface area contributed by atoms with Crippen LogP contribution in [0.25, 0.3) is 5.69 Å². The van der Waals surface area contributed by atoms with Gasteiger partial charge in [-0.25, -0.2) is 9.07 Å². The summed E-state index contributed by atoms with van der Waals surface area (Å²) in [5, 5.41) is 11.3. The van der Waals surface area contributed by atoms with Gasteiger partial charge in [-0.2, -0.15) is 13.2 Å². The van der Waals surface area contributed by atoms with Gasteiger partial charge in [0, 0.05) is 6.54 Å². The van der Waals surface area contributed by atoms with Gasteiger partial charge >= 0.3 is 6.18 Å². The molecule has 0 spiro atoms. The summed E-state index contributed by atoms with van der Waals surface area (Å²) in [6.07, 6.45) is -4.97.